The first-order valence-electron chi connectivity index (χ1n) is 2.60. The van der Waals surface area contributed by atoms with E-state index in [1.54, 1.807) is 0 Å². The summed E-state index contributed by atoms with van der Waals surface area (Å²) in [5.41, 5.74) is 2.09. The standard InChI is InChI=1S/C7H7N/c1-6-2-3-7(4-6)5-8/h2,4H,3H2,1H3. The van der Waals surface area contributed by atoms with Crippen LogP contribution in [0.5, 0.6) is 0 Å². The van der Waals surface area contributed by atoms with Crippen molar-refractivity contribution in [2.75, 3.05) is 0 Å². The Morgan fingerprint density at radius 1 is 1.75 bits per heavy atom. The van der Waals surface area contributed by atoms with Gasteiger partial charge in [0.1, 0.15) is 0 Å². The molecule has 1 aliphatic rings. The summed E-state index contributed by atoms with van der Waals surface area (Å²) in [6.07, 6.45) is 4.81. The summed E-state index contributed by atoms with van der Waals surface area (Å²) in [5.74, 6) is 0. The van der Waals surface area contributed by atoms with Gasteiger partial charge >= 0.3 is 0 Å². The van der Waals surface area contributed by atoms with E-state index >= 15 is 0 Å². The molecule has 1 rings (SSSR count). The molecule has 0 aromatic heterocycles. The molecule has 0 aromatic carbocycles. The third kappa shape index (κ3) is 0.788. The van der Waals surface area contributed by atoms with Crippen molar-refractivity contribution in [3.05, 3.63) is 23.3 Å². The quantitative estimate of drug-likeness (QED) is 0.460. The van der Waals surface area contributed by atoms with Crippen molar-refractivity contribution in [3.63, 3.8) is 0 Å². The van der Waals surface area contributed by atoms with Crippen LogP contribution in [-0.2, 0) is 0 Å². The van der Waals surface area contributed by atoms with E-state index in [1.807, 2.05) is 13.0 Å². The Labute approximate surface area is 48.9 Å². The molecule has 0 fully saturated rings. The van der Waals surface area contributed by atoms with Crippen LogP contribution in [-0.4, -0.2) is 0 Å². The molecule has 0 amide bonds. The molecule has 1 heteroatoms. The molecular formula is C7H7N. The van der Waals surface area contributed by atoms with Crippen molar-refractivity contribution >= 4 is 0 Å². The Bertz CT molecular complexity index is 191. The van der Waals surface area contributed by atoms with Crippen molar-refractivity contribution in [1.29, 1.82) is 5.26 Å². The largest absolute Gasteiger partial charge is 0.193 e. The Balaban J connectivity index is 2.74. The zero-order chi connectivity index (χ0) is 5.98. The first-order valence-corrected chi connectivity index (χ1v) is 2.60. The van der Waals surface area contributed by atoms with Crippen molar-refractivity contribution < 1.29 is 0 Å². The number of nitriles is 1. The number of hydrogen-bond acceptors (Lipinski definition) is 1. The second-order valence-electron chi connectivity index (χ2n) is 1.93. The fourth-order valence-corrected chi connectivity index (χ4v) is 0.742. The Hall–Kier alpha value is -1.03. The highest BCUT2D eigenvalue weighted by Gasteiger charge is 1.99. The summed E-state index contributed by atoms with van der Waals surface area (Å²) >= 11 is 0. The zero-order valence-electron chi connectivity index (χ0n) is 4.81. The van der Waals surface area contributed by atoms with Gasteiger partial charge in [0.05, 0.1) is 6.07 Å². The molecule has 0 atom stereocenters. The highest BCUT2D eigenvalue weighted by atomic mass is 14.2. The van der Waals surface area contributed by atoms with Crippen LogP contribution in [0.4, 0.5) is 0 Å². The third-order valence-electron chi connectivity index (χ3n) is 1.19. The smallest absolute Gasteiger partial charge is 0.0950 e. The van der Waals surface area contributed by atoms with Gasteiger partial charge in [0.15, 0.2) is 0 Å². The van der Waals surface area contributed by atoms with Crippen molar-refractivity contribution in [3.8, 4) is 6.07 Å². The molecule has 0 N–H and O–H groups in total. The first-order chi connectivity index (χ1) is 3.83. The normalized spacial score (nSPS) is 17.0. The van der Waals surface area contributed by atoms with Gasteiger partial charge in [0.2, 0.25) is 0 Å². The molecule has 0 unspecified atom stereocenters. The van der Waals surface area contributed by atoms with Gasteiger partial charge in [0, 0.05) is 12.0 Å². The second-order valence-corrected chi connectivity index (χ2v) is 1.93. The summed E-state index contributed by atoms with van der Waals surface area (Å²) in [5, 5.41) is 8.33. The van der Waals surface area contributed by atoms with E-state index in [2.05, 4.69) is 12.1 Å². The predicted octanol–water partition coefficient (Wildman–Crippen LogP) is 1.79. The summed E-state index contributed by atoms with van der Waals surface area (Å²) < 4.78 is 0. The number of allylic oxidation sites excluding steroid dienone is 4. The molecule has 0 spiro atoms. The molecule has 0 saturated carbocycles. The number of nitrogens with zero attached hydrogens (tertiary/aromatic N) is 1. The lowest BCUT2D eigenvalue weighted by Gasteiger charge is -1.76. The van der Waals surface area contributed by atoms with Gasteiger partial charge in [-0.1, -0.05) is 11.6 Å². The Kier molecular flexibility index (Phi) is 1.17. The minimum absolute atomic E-state index is 0.836. The van der Waals surface area contributed by atoms with Gasteiger partial charge in [-0.15, -0.1) is 0 Å². The molecule has 8 heavy (non-hydrogen) atoms. The monoisotopic (exact) mass is 105 g/mol. The zero-order valence-corrected chi connectivity index (χ0v) is 4.81. The average molecular weight is 105 g/mol. The molecule has 0 heterocycles. The SMILES string of the molecule is CC1=CCC(C#N)=C1. The van der Waals surface area contributed by atoms with Crippen molar-refractivity contribution in [2.45, 2.75) is 13.3 Å². The van der Waals surface area contributed by atoms with Crippen LogP contribution in [0, 0.1) is 11.3 Å². The molecule has 0 radical (unpaired) electrons. The maximum absolute atomic E-state index is 8.33. The highest BCUT2D eigenvalue weighted by Crippen LogP contribution is 2.14. The van der Waals surface area contributed by atoms with Gasteiger partial charge in [-0.05, 0) is 13.0 Å². The summed E-state index contributed by atoms with van der Waals surface area (Å²) in [6, 6.07) is 2.10. The molecule has 0 saturated heterocycles. The molecule has 0 aliphatic heterocycles. The lowest BCUT2D eigenvalue weighted by Crippen LogP contribution is -1.64. The van der Waals surface area contributed by atoms with E-state index in [0.29, 0.717) is 0 Å². The molecule has 1 nitrogen and oxygen atoms in total. The fraction of sp³-hybridized carbons (Fsp3) is 0.286. The third-order valence-corrected chi connectivity index (χ3v) is 1.19. The van der Waals surface area contributed by atoms with E-state index in [0.717, 1.165) is 12.0 Å². The molecular weight excluding hydrogens is 98.1 g/mol. The van der Waals surface area contributed by atoms with Crippen LogP contribution in [0.25, 0.3) is 0 Å². The predicted molar refractivity (Wildman–Crippen MR) is 32.1 cm³/mol. The van der Waals surface area contributed by atoms with Crippen molar-refractivity contribution in [2.24, 2.45) is 0 Å². The van der Waals surface area contributed by atoms with Crippen LogP contribution in [0.3, 0.4) is 0 Å². The van der Waals surface area contributed by atoms with E-state index in [-0.39, 0.29) is 0 Å². The van der Waals surface area contributed by atoms with Gasteiger partial charge in [-0.25, -0.2) is 0 Å². The van der Waals surface area contributed by atoms with Gasteiger partial charge in [-0.2, -0.15) is 5.26 Å². The second kappa shape index (κ2) is 1.83. The topological polar surface area (TPSA) is 23.8 Å². The Morgan fingerprint density at radius 2 is 2.50 bits per heavy atom. The minimum Gasteiger partial charge on any atom is -0.193 e. The summed E-state index contributed by atoms with van der Waals surface area (Å²) in [7, 11) is 0. The highest BCUT2D eigenvalue weighted by molar-refractivity contribution is 5.38. The number of hydrogen-bond donors (Lipinski definition) is 0. The van der Waals surface area contributed by atoms with Gasteiger partial charge in [-0.3, -0.25) is 0 Å². The average Bonchev–Trinajstić information content (AvgIpc) is 2.14. The van der Waals surface area contributed by atoms with Crippen LogP contribution in [0.15, 0.2) is 23.3 Å². The maximum atomic E-state index is 8.33. The van der Waals surface area contributed by atoms with Gasteiger partial charge in [0.25, 0.3) is 0 Å². The summed E-state index contributed by atoms with van der Waals surface area (Å²) in [6.45, 7) is 2.00. The first kappa shape index (κ1) is 5.11. The van der Waals surface area contributed by atoms with Crippen LogP contribution < -0.4 is 0 Å². The van der Waals surface area contributed by atoms with Gasteiger partial charge < -0.3 is 0 Å². The van der Waals surface area contributed by atoms with E-state index in [9.17, 15) is 0 Å². The van der Waals surface area contributed by atoms with Crippen molar-refractivity contribution in [1.82, 2.24) is 0 Å². The van der Waals surface area contributed by atoms with E-state index in [1.165, 1.54) is 5.57 Å². The van der Waals surface area contributed by atoms with Crippen LogP contribution in [0.2, 0.25) is 0 Å². The summed E-state index contributed by atoms with van der Waals surface area (Å²) in [4.78, 5) is 0. The van der Waals surface area contributed by atoms with Crippen LogP contribution in [0.1, 0.15) is 13.3 Å². The lowest BCUT2D eigenvalue weighted by atomic mass is 10.3. The number of rotatable bonds is 0. The maximum Gasteiger partial charge on any atom is 0.0950 e. The van der Waals surface area contributed by atoms with E-state index < -0.39 is 0 Å². The molecule has 0 aromatic rings. The fourth-order valence-electron chi connectivity index (χ4n) is 0.742. The van der Waals surface area contributed by atoms with Crippen LogP contribution >= 0.6 is 0 Å². The Morgan fingerprint density at radius 3 is 2.75 bits per heavy atom. The molecule has 0 bridgehead atoms. The van der Waals surface area contributed by atoms with E-state index in [4.69, 9.17) is 5.26 Å². The lowest BCUT2D eigenvalue weighted by molar-refractivity contribution is 1.32. The molecule has 40 valence electrons. The minimum atomic E-state index is 0.836. The molecule has 1 aliphatic carbocycles.